The van der Waals surface area contributed by atoms with Crippen LogP contribution in [0.15, 0.2) is 35.7 Å². The fourth-order valence-electron chi connectivity index (χ4n) is 3.91. The number of primary amides is 1. The first kappa shape index (κ1) is 23.2. The summed E-state index contributed by atoms with van der Waals surface area (Å²) in [6.07, 6.45) is 7.47. The van der Waals surface area contributed by atoms with Gasteiger partial charge in [0.2, 0.25) is 6.41 Å². The molecule has 0 aliphatic carbocycles. The zero-order valence-electron chi connectivity index (χ0n) is 18.0. The fourth-order valence-corrected chi connectivity index (χ4v) is 3.91. The van der Waals surface area contributed by atoms with Crippen LogP contribution in [0.1, 0.15) is 61.6 Å². The van der Waals surface area contributed by atoms with E-state index < -0.39 is 23.6 Å². The van der Waals surface area contributed by atoms with E-state index in [1.807, 2.05) is 0 Å². The summed E-state index contributed by atoms with van der Waals surface area (Å²) in [6, 6.07) is 4.49. The molecule has 0 saturated carbocycles. The molecule has 2 amide bonds. The van der Waals surface area contributed by atoms with Crippen LogP contribution >= 0.6 is 0 Å². The third kappa shape index (κ3) is 5.43. The number of carbonyl (C=O) groups is 2. The van der Waals surface area contributed by atoms with Crippen molar-refractivity contribution in [3.8, 4) is 0 Å². The van der Waals surface area contributed by atoms with Crippen molar-refractivity contribution in [2.24, 2.45) is 10.8 Å². The maximum Gasteiger partial charge on any atom is 0.267 e. The van der Waals surface area contributed by atoms with Crippen molar-refractivity contribution in [3.05, 3.63) is 53.5 Å². The highest BCUT2D eigenvalue weighted by Crippen LogP contribution is 2.31. The summed E-state index contributed by atoms with van der Waals surface area (Å²) in [5.74, 6) is -1.02. The molecule has 1 aromatic carbocycles. The molecule has 8 nitrogen and oxygen atoms in total. The first-order valence-corrected chi connectivity index (χ1v) is 10.3. The lowest BCUT2D eigenvalue weighted by Gasteiger charge is -2.43. The van der Waals surface area contributed by atoms with Crippen LogP contribution in [0.4, 0.5) is 14.6 Å². The Morgan fingerprint density at radius 2 is 1.88 bits per heavy atom. The molecule has 10 heteroatoms. The van der Waals surface area contributed by atoms with Crippen molar-refractivity contribution in [1.29, 1.82) is 0 Å². The molecule has 0 radical (unpaired) electrons. The van der Waals surface area contributed by atoms with Gasteiger partial charge in [-0.25, -0.2) is 23.8 Å². The number of hydrazone groups is 1. The molecule has 32 heavy (non-hydrogen) atoms. The van der Waals surface area contributed by atoms with Crippen molar-refractivity contribution in [1.82, 2.24) is 15.0 Å². The number of hydrogen-bond donors (Lipinski definition) is 1. The van der Waals surface area contributed by atoms with Crippen LogP contribution in [-0.2, 0) is 4.79 Å². The van der Waals surface area contributed by atoms with E-state index in [1.54, 1.807) is 12.3 Å². The van der Waals surface area contributed by atoms with Gasteiger partial charge in [-0.3, -0.25) is 9.59 Å². The highest BCUT2D eigenvalue weighted by molar-refractivity contribution is 5.91. The summed E-state index contributed by atoms with van der Waals surface area (Å²) in [5, 5.41) is 4.91. The van der Waals surface area contributed by atoms with Crippen molar-refractivity contribution < 1.29 is 18.4 Å². The van der Waals surface area contributed by atoms with Gasteiger partial charge in [0.05, 0.1) is 6.04 Å². The van der Waals surface area contributed by atoms with Crippen LogP contribution in [0.25, 0.3) is 0 Å². The lowest BCUT2D eigenvalue weighted by atomic mass is 9.90. The molecular weight excluding hydrogens is 418 g/mol. The lowest BCUT2D eigenvalue weighted by molar-refractivity contribution is -0.119. The second-order valence-electron chi connectivity index (χ2n) is 8.28. The molecule has 1 fully saturated rings. The van der Waals surface area contributed by atoms with E-state index in [4.69, 9.17) is 5.73 Å². The van der Waals surface area contributed by atoms with Crippen molar-refractivity contribution >= 4 is 24.3 Å². The van der Waals surface area contributed by atoms with Crippen molar-refractivity contribution in [3.63, 3.8) is 0 Å². The van der Waals surface area contributed by atoms with Gasteiger partial charge in [0.25, 0.3) is 5.91 Å². The molecule has 2 aliphatic heterocycles. The van der Waals surface area contributed by atoms with Crippen molar-refractivity contribution in [2.45, 2.75) is 51.1 Å². The Morgan fingerprint density at radius 1 is 1.16 bits per heavy atom. The second-order valence-corrected chi connectivity index (χ2v) is 8.28. The Bertz CT molecular complexity index is 993. The number of anilines is 1. The van der Waals surface area contributed by atoms with Crippen LogP contribution in [0.5, 0.6) is 0 Å². The standard InChI is InChI=1S/C12H18N4O.C10H8F2N2O/c1-12(2)5-3-4-6-16(12)10-7-9(11(13)17)14-8-15-10;11-8-3-7(4-9(12)5-8)10-1-2-13-14(10)6-15/h7-8H,3-6H2,1-2H3,(H2,13,17);2-6,10H,1H2. The molecule has 3 heterocycles. The summed E-state index contributed by atoms with van der Waals surface area (Å²) in [4.78, 5) is 32.0. The van der Waals surface area contributed by atoms with Gasteiger partial charge in [-0.1, -0.05) is 0 Å². The Balaban J connectivity index is 0.000000182. The number of halogens is 2. The number of aromatic nitrogens is 2. The van der Waals surface area contributed by atoms with Crippen LogP contribution < -0.4 is 10.6 Å². The van der Waals surface area contributed by atoms with Crippen molar-refractivity contribution in [2.75, 3.05) is 11.4 Å². The molecule has 1 unspecified atom stereocenters. The Hall–Kier alpha value is -3.43. The molecule has 1 atom stereocenters. The average Bonchev–Trinajstić information content (AvgIpc) is 3.22. The Morgan fingerprint density at radius 3 is 2.50 bits per heavy atom. The topological polar surface area (TPSA) is 105 Å². The van der Waals surface area contributed by atoms with E-state index in [-0.39, 0.29) is 11.2 Å². The molecule has 0 bridgehead atoms. The fraction of sp³-hybridized carbons (Fsp3) is 0.409. The van der Waals surface area contributed by atoms with Gasteiger partial charge in [0, 0.05) is 36.9 Å². The summed E-state index contributed by atoms with van der Waals surface area (Å²) >= 11 is 0. The van der Waals surface area contributed by atoms with E-state index in [1.165, 1.54) is 24.9 Å². The van der Waals surface area contributed by atoms with Gasteiger partial charge < -0.3 is 10.6 Å². The summed E-state index contributed by atoms with van der Waals surface area (Å²) in [5.41, 5.74) is 5.99. The highest BCUT2D eigenvalue weighted by Gasteiger charge is 2.30. The Kier molecular flexibility index (Phi) is 7.12. The molecule has 1 saturated heterocycles. The molecule has 0 spiro atoms. The second kappa shape index (κ2) is 9.80. The molecule has 4 rings (SSSR count). The van der Waals surface area contributed by atoms with Gasteiger partial charge in [0.1, 0.15) is 29.5 Å². The number of rotatable bonds is 4. The number of carbonyl (C=O) groups excluding carboxylic acids is 2. The first-order valence-electron chi connectivity index (χ1n) is 10.3. The first-order chi connectivity index (χ1) is 15.2. The predicted octanol–water partition coefficient (Wildman–Crippen LogP) is 3.20. The van der Waals surface area contributed by atoms with Gasteiger partial charge in [0.15, 0.2) is 0 Å². The molecule has 1 aromatic heterocycles. The zero-order chi connectivity index (χ0) is 23.3. The summed E-state index contributed by atoms with van der Waals surface area (Å²) in [7, 11) is 0. The highest BCUT2D eigenvalue weighted by atomic mass is 19.1. The van der Waals surface area contributed by atoms with E-state index in [9.17, 15) is 18.4 Å². The van der Waals surface area contributed by atoms with Crippen LogP contribution in [0.2, 0.25) is 0 Å². The van der Waals surface area contributed by atoms with Gasteiger partial charge >= 0.3 is 0 Å². The summed E-state index contributed by atoms with van der Waals surface area (Å²) in [6.45, 7) is 5.35. The number of nitrogens with zero attached hydrogens (tertiary/aromatic N) is 5. The van der Waals surface area contributed by atoms with Gasteiger partial charge in [-0.05, 0) is 50.8 Å². The predicted molar refractivity (Wildman–Crippen MR) is 116 cm³/mol. The lowest BCUT2D eigenvalue weighted by Crippen LogP contribution is -2.48. The summed E-state index contributed by atoms with van der Waals surface area (Å²) < 4.78 is 25.8. The van der Waals surface area contributed by atoms with E-state index >= 15 is 0 Å². The Labute approximate surface area is 185 Å². The van der Waals surface area contributed by atoms with Gasteiger partial charge in [-0.15, -0.1) is 0 Å². The molecular formula is C22H26F2N6O2. The maximum absolute atomic E-state index is 12.9. The largest absolute Gasteiger partial charge is 0.364 e. The molecule has 2 N–H and O–H groups in total. The normalized spacial score (nSPS) is 19.3. The minimum absolute atomic E-state index is 0.0710. The molecule has 2 aromatic rings. The molecule has 170 valence electrons. The number of piperidine rings is 1. The quantitative estimate of drug-likeness (QED) is 0.729. The van der Waals surface area contributed by atoms with Gasteiger partial charge in [-0.2, -0.15) is 5.10 Å². The monoisotopic (exact) mass is 444 g/mol. The smallest absolute Gasteiger partial charge is 0.267 e. The average molecular weight is 444 g/mol. The third-order valence-electron chi connectivity index (χ3n) is 5.57. The number of hydrogen-bond acceptors (Lipinski definition) is 6. The minimum Gasteiger partial charge on any atom is -0.364 e. The number of benzene rings is 1. The molecule has 2 aliphatic rings. The van der Waals surface area contributed by atoms with Crippen LogP contribution in [0.3, 0.4) is 0 Å². The zero-order valence-corrected chi connectivity index (χ0v) is 18.0. The maximum atomic E-state index is 12.9. The SMILES string of the molecule is CC1(C)CCCCN1c1cc(C(N)=O)ncn1.O=CN1N=CCC1c1cc(F)cc(F)c1. The third-order valence-corrected chi connectivity index (χ3v) is 5.57. The number of amides is 2. The minimum atomic E-state index is -0.650. The van der Waals surface area contributed by atoms with Crippen LogP contribution in [-0.4, -0.2) is 45.6 Å². The van der Waals surface area contributed by atoms with Crippen LogP contribution in [0, 0.1) is 11.6 Å². The van der Waals surface area contributed by atoms with E-state index in [0.717, 1.165) is 36.3 Å². The number of nitrogens with two attached hydrogens (primary N) is 1. The van der Waals surface area contributed by atoms with E-state index in [0.29, 0.717) is 18.4 Å². The van der Waals surface area contributed by atoms with E-state index in [2.05, 4.69) is 33.8 Å².